The number of rotatable bonds is 4. The van der Waals surface area contributed by atoms with Crippen LogP contribution in [0.4, 0.5) is 0 Å². The first-order valence-electron chi connectivity index (χ1n) is 6.55. The Morgan fingerprint density at radius 2 is 1.47 bits per heavy atom. The Labute approximate surface area is 104 Å². The summed E-state index contributed by atoms with van der Waals surface area (Å²) < 4.78 is 0. The van der Waals surface area contributed by atoms with Crippen molar-refractivity contribution in [3.63, 3.8) is 0 Å². The summed E-state index contributed by atoms with van der Waals surface area (Å²) in [7, 11) is 1.76. The van der Waals surface area contributed by atoms with Crippen LogP contribution < -0.4 is 5.32 Å². The number of carbonyl (C=O) groups is 2. The molecule has 0 radical (unpaired) electrons. The van der Waals surface area contributed by atoms with Gasteiger partial charge in [0.1, 0.15) is 11.1 Å². The standard InChI is InChI=1S/C13H24N2O2/c1-6-12(7-2)11(17)15(5)13(8-3,9-4)10(16)14-12/h6-9H2,1-5H3,(H,14,16). The van der Waals surface area contributed by atoms with Gasteiger partial charge in [0.2, 0.25) is 11.8 Å². The smallest absolute Gasteiger partial charge is 0.248 e. The summed E-state index contributed by atoms with van der Waals surface area (Å²) >= 11 is 0. The highest BCUT2D eigenvalue weighted by molar-refractivity contribution is 6.02. The summed E-state index contributed by atoms with van der Waals surface area (Å²) in [5.41, 5.74) is -1.36. The first-order chi connectivity index (χ1) is 7.94. The van der Waals surface area contributed by atoms with Crippen molar-refractivity contribution in [3.8, 4) is 0 Å². The van der Waals surface area contributed by atoms with E-state index in [1.54, 1.807) is 11.9 Å². The van der Waals surface area contributed by atoms with Crippen molar-refractivity contribution < 1.29 is 9.59 Å². The number of likely N-dealkylation sites (N-methyl/N-ethyl adjacent to an activating group) is 1. The van der Waals surface area contributed by atoms with Crippen LogP contribution in [-0.2, 0) is 9.59 Å². The quantitative estimate of drug-likeness (QED) is 0.813. The van der Waals surface area contributed by atoms with E-state index in [4.69, 9.17) is 0 Å². The summed E-state index contributed by atoms with van der Waals surface area (Å²) in [6.45, 7) is 7.80. The lowest BCUT2D eigenvalue weighted by atomic mass is 9.80. The zero-order chi connectivity index (χ0) is 13.3. The molecule has 4 nitrogen and oxygen atoms in total. The monoisotopic (exact) mass is 240 g/mol. The van der Waals surface area contributed by atoms with Crippen LogP contribution in [0.5, 0.6) is 0 Å². The Hall–Kier alpha value is -1.06. The Kier molecular flexibility index (Phi) is 3.84. The fraction of sp³-hybridized carbons (Fsp3) is 0.846. The molecule has 0 aromatic heterocycles. The van der Waals surface area contributed by atoms with Crippen molar-refractivity contribution in [1.29, 1.82) is 0 Å². The van der Waals surface area contributed by atoms with Crippen molar-refractivity contribution in [2.24, 2.45) is 0 Å². The molecule has 0 aromatic carbocycles. The van der Waals surface area contributed by atoms with Crippen LogP contribution >= 0.6 is 0 Å². The predicted octanol–water partition coefficient (Wildman–Crippen LogP) is 1.69. The molecule has 0 saturated carbocycles. The molecule has 0 aromatic rings. The van der Waals surface area contributed by atoms with Crippen LogP contribution in [0.15, 0.2) is 0 Å². The maximum Gasteiger partial charge on any atom is 0.248 e. The van der Waals surface area contributed by atoms with Gasteiger partial charge in [0.25, 0.3) is 0 Å². The van der Waals surface area contributed by atoms with Crippen LogP contribution in [0, 0.1) is 0 Å². The number of nitrogens with one attached hydrogen (secondary N) is 1. The molecular formula is C13H24N2O2. The molecule has 98 valence electrons. The first-order valence-corrected chi connectivity index (χ1v) is 6.55. The molecule has 0 spiro atoms. The van der Waals surface area contributed by atoms with Gasteiger partial charge in [-0.25, -0.2) is 0 Å². The van der Waals surface area contributed by atoms with Crippen LogP contribution in [0.2, 0.25) is 0 Å². The lowest BCUT2D eigenvalue weighted by Crippen LogP contribution is -2.74. The molecule has 1 aliphatic heterocycles. The number of hydrogen-bond acceptors (Lipinski definition) is 2. The predicted molar refractivity (Wildman–Crippen MR) is 67.5 cm³/mol. The molecule has 1 N–H and O–H groups in total. The van der Waals surface area contributed by atoms with Crippen LogP contribution in [0.25, 0.3) is 0 Å². The van der Waals surface area contributed by atoms with E-state index in [2.05, 4.69) is 5.32 Å². The third-order valence-electron chi connectivity index (χ3n) is 4.51. The van der Waals surface area contributed by atoms with Crippen molar-refractivity contribution in [2.75, 3.05) is 7.05 Å². The zero-order valence-corrected chi connectivity index (χ0v) is 11.6. The topological polar surface area (TPSA) is 49.4 Å². The van der Waals surface area contributed by atoms with Gasteiger partial charge in [0.05, 0.1) is 0 Å². The lowest BCUT2D eigenvalue weighted by Gasteiger charge is -2.50. The fourth-order valence-corrected chi connectivity index (χ4v) is 2.83. The number of carbonyl (C=O) groups excluding carboxylic acids is 2. The molecule has 17 heavy (non-hydrogen) atoms. The maximum atomic E-state index is 12.5. The second-order valence-corrected chi connectivity index (χ2v) is 4.85. The van der Waals surface area contributed by atoms with Crippen molar-refractivity contribution >= 4 is 11.8 Å². The summed E-state index contributed by atoms with van der Waals surface area (Å²) in [5.74, 6) is 0.0408. The normalized spacial score (nSPS) is 22.5. The van der Waals surface area contributed by atoms with E-state index in [9.17, 15) is 9.59 Å². The molecule has 1 rings (SSSR count). The van der Waals surface area contributed by atoms with Gasteiger partial charge >= 0.3 is 0 Å². The third-order valence-corrected chi connectivity index (χ3v) is 4.51. The number of piperazine rings is 1. The molecule has 1 saturated heterocycles. The van der Waals surface area contributed by atoms with Gasteiger partial charge < -0.3 is 10.2 Å². The Bertz CT molecular complexity index is 317. The van der Waals surface area contributed by atoms with Crippen LogP contribution in [0.3, 0.4) is 0 Å². The van der Waals surface area contributed by atoms with E-state index < -0.39 is 11.1 Å². The molecule has 1 heterocycles. The summed E-state index contributed by atoms with van der Waals surface area (Å²) in [6, 6.07) is 0. The first kappa shape index (κ1) is 14.0. The van der Waals surface area contributed by atoms with Gasteiger partial charge in [0, 0.05) is 7.05 Å². The van der Waals surface area contributed by atoms with E-state index in [0.29, 0.717) is 25.7 Å². The molecule has 0 atom stereocenters. The highest BCUT2D eigenvalue weighted by Gasteiger charge is 2.54. The molecule has 2 amide bonds. The van der Waals surface area contributed by atoms with Gasteiger partial charge in [-0.2, -0.15) is 0 Å². The van der Waals surface area contributed by atoms with Gasteiger partial charge in [-0.05, 0) is 25.7 Å². The molecule has 1 aliphatic rings. The van der Waals surface area contributed by atoms with E-state index in [0.717, 1.165) is 0 Å². The van der Waals surface area contributed by atoms with Gasteiger partial charge in [-0.3, -0.25) is 9.59 Å². The second-order valence-electron chi connectivity index (χ2n) is 4.85. The highest BCUT2D eigenvalue weighted by atomic mass is 16.2. The number of amides is 2. The van der Waals surface area contributed by atoms with Gasteiger partial charge in [-0.15, -0.1) is 0 Å². The van der Waals surface area contributed by atoms with Gasteiger partial charge in [0.15, 0.2) is 0 Å². The maximum absolute atomic E-state index is 12.5. The molecule has 0 bridgehead atoms. The van der Waals surface area contributed by atoms with E-state index in [1.807, 2.05) is 27.7 Å². The Balaban J connectivity index is 3.19. The van der Waals surface area contributed by atoms with E-state index in [1.165, 1.54) is 0 Å². The molecule has 4 heteroatoms. The minimum absolute atomic E-state index is 0.00620. The van der Waals surface area contributed by atoms with Gasteiger partial charge in [-0.1, -0.05) is 27.7 Å². The molecule has 0 aliphatic carbocycles. The van der Waals surface area contributed by atoms with Crippen LogP contribution in [0.1, 0.15) is 53.4 Å². The Morgan fingerprint density at radius 1 is 1.00 bits per heavy atom. The highest BCUT2D eigenvalue weighted by Crippen LogP contribution is 2.33. The van der Waals surface area contributed by atoms with Crippen molar-refractivity contribution in [3.05, 3.63) is 0 Å². The van der Waals surface area contributed by atoms with E-state index in [-0.39, 0.29) is 11.8 Å². The fourth-order valence-electron chi connectivity index (χ4n) is 2.83. The summed E-state index contributed by atoms with van der Waals surface area (Å²) in [6.07, 6.45) is 2.59. The van der Waals surface area contributed by atoms with Crippen molar-refractivity contribution in [1.82, 2.24) is 10.2 Å². The molecule has 1 fully saturated rings. The molecular weight excluding hydrogens is 216 g/mol. The van der Waals surface area contributed by atoms with E-state index >= 15 is 0 Å². The lowest BCUT2D eigenvalue weighted by molar-refractivity contribution is -0.162. The molecule has 0 unspecified atom stereocenters. The van der Waals surface area contributed by atoms with Crippen molar-refractivity contribution in [2.45, 2.75) is 64.5 Å². The summed E-state index contributed by atoms with van der Waals surface area (Å²) in [4.78, 5) is 26.5. The minimum atomic E-state index is -0.695. The largest absolute Gasteiger partial charge is 0.340 e. The van der Waals surface area contributed by atoms with Crippen LogP contribution in [-0.4, -0.2) is 34.8 Å². The summed E-state index contributed by atoms with van der Waals surface area (Å²) in [5, 5.41) is 2.97. The SMILES string of the molecule is CCC1(CC)NC(=O)C(CC)(CC)N(C)C1=O. The number of nitrogens with zero attached hydrogens (tertiary/aromatic N) is 1. The minimum Gasteiger partial charge on any atom is -0.340 e. The average molecular weight is 240 g/mol. The third kappa shape index (κ3) is 1.74. The number of hydrogen-bond donors (Lipinski definition) is 1. The Morgan fingerprint density at radius 3 is 1.82 bits per heavy atom. The second kappa shape index (κ2) is 4.67. The zero-order valence-electron chi connectivity index (χ0n) is 11.6. The average Bonchev–Trinajstić information content (AvgIpc) is 2.36.